The molecule has 41 heavy (non-hydrogen) atoms. The fourth-order valence-corrected chi connectivity index (χ4v) is 5.64. The summed E-state index contributed by atoms with van der Waals surface area (Å²) in [7, 11) is -2.40. The predicted octanol–water partition coefficient (Wildman–Crippen LogP) is 9.53. The third-order valence-electron chi connectivity index (χ3n) is 7.72. The van der Waals surface area contributed by atoms with Crippen LogP contribution in [0, 0.1) is 23.7 Å². The van der Waals surface area contributed by atoms with Crippen molar-refractivity contribution in [2.45, 2.75) is 135 Å². The molecule has 0 aliphatic carbocycles. The van der Waals surface area contributed by atoms with Crippen LogP contribution in [0.5, 0.6) is 0 Å². The van der Waals surface area contributed by atoms with Gasteiger partial charge in [0, 0.05) is 6.42 Å². The summed E-state index contributed by atoms with van der Waals surface area (Å²) in [5, 5.41) is 0.279. The van der Waals surface area contributed by atoms with Gasteiger partial charge in [0.05, 0.1) is 25.7 Å². The van der Waals surface area contributed by atoms with Crippen LogP contribution < -0.4 is 0 Å². The number of hydrogen-bond acceptors (Lipinski definition) is 4. The molecule has 0 aliphatic rings. The van der Waals surface area contributed by atoms with Gasteiger partial charge in [-0.2, -0.15) is 0 Å². The van der Waals surface area contributed by atoms with Crippen LogP contribution >= 0.6 is 0 Å². The highest BCUT2D eigenvalue weighted by Crippen LogP contribution is 2.38. The number of hydrogen-bond donors (Lipinski definition) is 0. The third-order valence-corrected chi connectivity index (χ3v) is 16.7. The Morgan fingerprint density at radius 1 is 0.756 bits per heavy atom. The molecule has 0 aromatic heterocycles. The summed E-state index contributed by atoms with van der Waals surface area (Å²) in [6, 6.07) is 0. The Morgan fingerprint density at radius 2 is 1.20 bits per heavy atom. The van der Waals surface area contributed by atoms with Crippen molar-refractivity contribution in [1.29, 1.82) is 0 Å². The molecule has 0 saturated carbocycles. The molecule has 0 spiro atoms. The monoisotopic (exact) mass is 598 g/mol. The van der Waals surface area contributed by atoms with Crippen molar-refractivity contribution in [3.05, 3.63) is 48.6 Å². The maximum atomic E-state index is 11.3. The molecule has 0 heterocycles. The van der Waals surface area contributed by atoms with E-state index in [2.05, 4.69) is 123 Å². The molecule has 0 aliphatic heterocycles. The zero-order chi connectivity index (χ0) is 31.6. The largest absolute Gasteiger partial charge is 0.469 e. The van der Waals surface area contributed by atoms with Crippen LogP contribution in [0.4, 0.5) is 0 Å². The van der Waals surface area contributed by atoms with Crippen LogP contribution in [-0.4, -0.2) is 41.9 Å². The molecule has 0 aromatic carbocycles. The summed E-state index contributed by atoms with van der Waals surface area (Å²) >= 11 is 0. The van der Waals surface area contributed by atoms with E-state index in [9.17, 15) is 4.79 Å². The van der Waals surface area contributed by atoms with Gasteiger partial charge in [0.1, 0.15) is 0 Å². The van der Waals surface area contributed by atoms with Gasteiger partial charge in [-0.05, 0) is 86.3 Å². The van der Waals surface area contributed by atoms with Crippen LogP contribution in [0.25, 0.3) is 0 Å². The number of carbonyl (C=O) groups is 1. The van der Waals surface area contributed by atoms with Crippen molar-refractivity contribution in [3.8, 4) is 23.7 Å². The maximum absolute atomic E-state index is 11.3. The Bertz CT molecular complexity index is 1010. The van der Waals surface area contributed by atoms with Gasteiger partial charge in [0.25, 0.3) is 0 Å². The number of methoxy groups -OCH3 is 1. The van der Waals surface area contributed by atoms with E-state index in [0.29, 0.717) is 19.3 Å². The van der Waals surface area contributed by atoms with E-state index in [1.54, 1.807) is 0 Å². The first-order chi connectivity index (χ1) is 19.0. The van der Waals surface area contributed by atoms with Gasteiger partial charge in [0.15, 0.2) is 16.6 Å². The van der Waals surface area contributed by atoms with Gasteiger partial charge in [-0.1, -0.05) is 96.5 Å². The zero-order valence-corrected chi connectivity index (χ0v) is 30.1. The number of esters is 1. The van der Waals surface area contributed by atoms with Gasteiger partial charge in [-0.15, -0.1) is 0 Å². The summed E-state index contributed by atoms with van der Waals surface area (Å²) < 4.78 is 17.9. The first-order valence-electron chi connectivity index (χ1n) is 15.0. The van der Waals surface area contributed by atoms with Crippen molar-refractivity contribution in [2.75, 3.05) is 7.11 Å². The summed E-state index contributed by atoms with van der Waals surface area (Å²) in [4.78, 5) is 11.3. The van der Waals surface area contributed by atoms with Crippen molar-refractivity contribution in [3.63, 3.8) is 0 Å². The Balaban J connectivity index is 5.26. The quantitative estimate of drug-likeness (QED) is 0.0864. The second-order valence-corrected chi connectivity index (χ2v) is 22.8. The molecule has 0 amide bonds. The average molecular weight is 599 g/mol. The second-order valence-electron chi connectivity index (χ2n) is 13.3. The minimum atomic E-state index is -1.95. The molecule has 230 valence electrons. The van der Waals surface area contributed by atoms with E-state index < -0.39 is 16.6 Å². The normalized spacial score (nSPS) is 14.7. The lowest BCUT2D eigenvalue weighted by molar-refractivity contribution is -0.140. The molecule has 4 nitrogen and oxygen atoms in total. The van der Waals surface area contributed by atoms with Crippen LogP contribution in [0.15, 0.2) is 48.6 Å². The first-order valence-corrected chi connectivity index (χ1v) is 20.8. The topological polar surface area (TPSA) is 44.8 Å². The van der Waals surface area contributed by atoms with E-state index in [4.69, 9.17) is 13.6 Å². The minimum absolute atomic E-state index is 0.0364. The molecule has 0 N–H and O–H groups in total. The first kappa shape index (κ1) is 38.9. The Hall–Kier alpha value is -2.10. The second kappa shape index (κ2) is 19.2. The molecule has 0 radical (unpaired) electrons. The van der Waals surface area contributed by atoms with Gasteiger partial charge < -0.3 is 13.6 Å². The molecule has 2 atom stereocenters. The molecular weight excluding hydrogens is 541 g/mol. The van der Waals surface area contributed by atoms with E-state index in [0.717, 1.165) is 19.3 Å². The predicted molar refractivity (Wildman–Crippen MR) is 182 cm³/mol. The zero-order valence-electron chi connectivity index (χ0n) is 28.1. The van der Waals surface area contributed by atoms with E-state index in [-0.39, 0.29) is 28.3 Å². The average Bonchev–Trinajstić information content (AvgIpc) is 2.85. The summed E-state index contributed by atoms with van der Waals surface area (Å²) in [5.74, 6) is 12.3. The highest BCUT2D eigenvalue weighted by molar-refractivity contribution is 6.74. The molecule has 0 bridgehead atoms. The van der Waals surface area contributed by atoms with Crippen molar-refractivity contribution in [2.24, 2.45) is 0 Å². The van der Waals surface area contributed by atoms with Crippen molar-refractivity contribution in [1.82, 2.24) is 0 Å². The molecule has 6 heteroatoms. The molecule has 0 fully saturated rings. The fraction of sp³-hybridized carbons (Fsp3) is 0.629. The van der Waals surface area contributed by atoms with Crippen molar-refractivity contribution >= 4 is 22.6 Å². The lowest BCUT2D eigenvalue weighted by atomic mass is 10.2. The van der Waals surface area contributed by atoms with Crippen LogP contribution in [0.2, 0.25) is 36.3 Å². The number of rotatable bonds is 14. The van der Waals surface area contributed by atoms with Gasteiger partial charge in [-0.25, -0.2) is 0 Å². The Kier molecular flexibility index (Phi) is 18.2. The van der Waals surface area contributed by atoms with Crippen LogP contribution in [0.1, 0.15) is 87.0 Å². The molecule has 0 unspecified atom stereocenters. The lowest BCUT2D eigenvalue weighted by Gasteiger charge is -2.38. The van der Waals surface area contributed by atoms with Crippen LogP contribution in [0.3, 0.4) is 0 Å². The van der Waals surface area contributed by atoms with Gasteiger partial charge in [-0.3, -0.25) is 4.79 Å². The van der Waals surface area contributed by atoms with E-state index in [1.165, 1.54) is 7.11 Å². The van der Waals surface area contributed by atoms with E-state index >= 15 is 0 Å². The summed E-state index contributed by atoms with van der Waals surface area (Å²) in [5.41, 5.74) is 0. The number of carbonyl (C=O) groups excluding carboxylic acids is 1. The van der Waals surface area contributed by atoms with E-state index in [1.807, 2.05) is 24.3 Å². The summed E-state index contributed by atoms with van der Waals surface area (Å²) in [6.07, 6.45) is 20.5. The van der Waals surface area contributed by atoms with Gasteiger partial charge >= 0.3 is 5.97 Å². The Labute approximate surface area is 255 Å². The molecular formula is C35H58O4Si2. The molecule has 0 rings (SSSR count). The van der Waals surface area contributed by atoms with Crippen LogP contribution in [-0.2, 0) is 18.4 Å². The highest BCUT2D eigenvalue weighted by atomic mass is 28.4. The molecule has 0 saturated heterocycles. The number of ether oxygens (including phenoxy) is 1. The third kappa shape index (κ3) is 17.5. The maximum Gasteiger partial charge on any atom is 0.305 e. The SMILES string of the molecule is CCC=CC[C@@H](C=CC#CCC#CC=C[C@H](CC=CCCC(=O)OC)O[Si](C)(C)C(C)(C)C)O[Si](C)(C)C(C)(C)C. The van der Waals surface area contributed by atoms with Gasteiger partial charge in [0.2, 0.25) is 0 Å². The highest BCUT2D eigenvalue weighted by Gasteiger charge is 2.39. The fourth-order valence-electron chi connectivity index (χ4n) is 3.07. The van der Waals surface area contributed by atoms with Crippen molar-refractivity contribution < 1.29 is 18.4 Å². The number of allylic oxidation sites excluding steroid dienone is 4. The lowest BCUT2D eigenvalue weighted by Crippen LogP contribution is -2.43. The Morgan fingerprint density at radius 3 is 1.59 bits per heavy atom. The standard InChI is InChI=1S/C35H58O4Si2/c1-13-14-21-26-31(38-40(9,10)34(2,3)4)27-22-18-16-15-17-19-23-28-32(39-41(11,12)35(5,6)7)29-24-20-25-30-33(36)37-8/h14,20-24,27-28,31-32H,13,15,25-26,29-30H2,1-12H3/t31-,32+/m0/s1. The minimum Gasteiger partial charge on any atom is -0.469 e. The molecule has 0 aromatic rings. The summed E-state index contributed by atoms with van der Waals surface area (Å²) in [6.45, 7) is 24.7. The smallest absolute Gasteiger partial charge is 0.305 e.